The molecule has 0 radical (unpaired) electrons. The zero-order valence-corrected chi connectivity index (χ0v) is 10.3. The van der Waals surface area contributed by atoms with E-state index in [4.69, 9.17) is 5.26 Å². The predicted octanol–water partition coefficient (Wildman–Crippen LogP) is 2.11. The first kappa shape index (κ1) is 11.9. The molecule has 0 bridgehead atoms. The van der Waals surface area contributed by atoms with Crippen molar-refractivity contribution in [2.24, 2.45) is 0 Å². The van der Waals surface area contributed by atoms with Gasteiger partial charge in [0.15, 0.2) is 0 Å². The van der Waals surface area contributed by atoms with Crippen molar-refractivity contribution in [2.75, 3.05) is 31.1 Å². The van der Waals surface area contributed by atoms with E-state index in [1.165, 1.54) is 5.69 Å². The summed E-state index contributed by atoms with van der Waals surface area (Å²) in [6.45, 7) is 6.36. The Hall–Kier alpha value is -1.53. The third kappa shape index (κ3) is 2.98. The van der Waals surface area contributed by atoms with Crippen molar-refractivity contribution in [1.29, 1.82) is 5.26 Å². The van der Waals surface area contributed by atoms with Gasteiger partial charge in [-0.15, -0.1) is 0 Å². The fourth-order valence-corrected chi connectivity index (χ4v) is 2.32. The van der Waals surface area contributed by atoms with Gasteiger partial charge in [-0.25, -0.2) is 0 Å². The normalized spacial score (nSPS) is 18.7. The Balaban J connectivity index is 1.89. The van der Waals surface area contributed by atoms with E-state index in [0.29, 0.717) is 12.5 Å². The minimum absolute atomic E-state index is 0.387. The second-order valence-corrected chi connectivity index (χ2v) is 4.57. The first-order chi connectivity index (χ1) is 8.31. The highest BCUT2D eigenvalue weighted by Crippen LogP contribution is 2.17. The molecule has 1 atom stereocenters. The summed E-state index contributed by atoms with van der Waals surface area (Å²) < 4.78 is 0. The Morgan fingerprint density at radius 3 is 2.41 bits per heavy atom. The minimum atomic E-state index is 0.387. The van der Waals surface area contributed by atoms with Gasteiger partial charge < -0.3 is 4.90 Å². The standard InChI is InChI=1S/C14H19N3/c1-13(7-8-15)16-9-11-17(12-10-16)14-5-3-2-4-6-14/h2-6,13H,7,9-12H2,1H3. The smallest absolute Gasteiger partial charge is 0.0638 e. The molecule has 17 heavy (non-hydrogen) atoms. The maximum absolute atomic E-state index is 8.71. The van der Waals surface area contributed by atoms with E-state index in [2.05, 4.69) is 53.1 Å². The summed E-state index contributed by atoms with van der Waals surface area (Å²) in [5.74, 6) is 0. The van der Waals surface area contributed by atoms with Crippen LogP contribution in [0.5, 0.6) is 0 Å². The summed E-state index contributed by atoms with van der Waals surface area (Å²) in [4.78, 5) is 4.82. The van der Waals surface area contributed by atoms with Gasteiger partial charge in [0.05, 0.1) is 12.5 Å². The molecule has 0 aromatic heterocycles. The topological polar surface area (TPSA) is 30.3 Å². The quantitative estimate of drug-likeness (QED) is 0.795. The highest BCUT2D eigenvalue weighted by molar-refractivity contribution is 5.46. The molecule has 0 saturated carbocycles. The van der Waals surface area contributed by atoms with Crippen LogP contribution in [0.4, 0.5) is 5.69 Å². The Morgan fingerprint density at radius 1 is 1.18 bits per heavy atom. The van der Waals surface area contributed by atoms with E-state index in [-0.39, 0.29) is 0 Å². The zero-order valence-electron chi connectivity index (χ0n) is 10.3. The summed E-state index contributed by atoms with van der Waals surface area (Å²) in [5, 5.41) is 8.71. The van der Waals surface area contributed by atoms with E-state index in [1.54, 1.807) is 0 Å². The van der Waals surface area contributed by atoms with E-state index in [9.17, 15) is 0 Å². The van der Waals surface area contributed by atoms with Gasteiger partial charge >= 0.3 is 0 Å². The number of piperazine rings is 1. The molecule has 1 aliphatic rings. The van der Waals surface area contributed by atoms with Gasteiger partial charge in [-0.2, -0.15) is 5.26 Å². The molecule has 0 spiro atoms. The summed E-state index contributed by atoms with van der Waals surface area (Å²) in [7, 11) is 0. The van der Waals surface area contributed by atoms with Gasteiger partial charge in [-0.1, -0.05) is 18.2 Å². The number of benzene rings is 1. The van der Waals surface area contributed by atoms with Crippen LogP contribution in [-0.2, 0) is 0 Å². The van der Waals surface area contributed by atoms with Gasteiger partial charge in [0, 0.05) is 37.9 Å². The molecule has 0 amide bonds. The van der Waals surface area contributed by atoms with E-state index >= 15 is 0 Å². The van der Waals surface area contributed by atoms with Gasteiger partial charge in [-0.3, -0.25) is 4.90 Å². The molecule has 0 aliphatic carbocycles. The maximum Gasteiger partial charge on any atom is 0.0638 e. The fraction of sp³-hybridized carbons (Fsp3) is 0.500. The van der Waals surface area contributed by atoms with Gasteiger partial charge in [-0.05, 0) is 19.1 Å². The molecule has 1 fully saturated rings. The van der Waals surface area contributed by atoms with Crippen molar-refractivity contribution >= 4 is 5.69 Å². The van der Waals surface area contributed by atoms with Crippen molar-refractivity contribution in [3.05, 3.63) is 30.3 Å². The fourth-order valence-electron chi connectivity index (χ4n) is 2.32. The number of nitrogens with zero attached hydrogens (tertiary/aromatic N) is 3. The lowest BCUT2D eigenvalue weighted by atomic mass is 10.1. The third-order valence-corrected chi connectivity index (χ3v) is 3.45. The summed E-state index contributed by atoms with van der Waals surface area (Å²) in [5.41, 5.74) is 1.31. The highest BCUT2D eigenvalue weighted by atomic mass is 15.3. The maximum atomic E-state index is 8.71. The van der Waals surface area contributed by atoms with E-state index < -0.39 is 0 Å². The Labute approximate surface area is 103 Å². The molecule has 1 aromatic rings. The van der Waals surface area contributed by atoms with E-state index in [0.717, 1.165) is 26.2 Å². The van der Waals surface area contributed by atoms with Crippen molar-refractivity contribution in [1.82, 2.24) is 4.90 Å². The van der Waals surface area contributed by atoms with Gasteiger partial charge in [0.1, 0.15) is 0 Å². The second-order valence-electron chi connectivity index (χ2n) is 4.57. The molecule has 3 heteroatoms. The Morgan fingerprint density at radius 2 is 1.82 bits per heavy atom. The molecule has 2 rings (SSSR count). The number of nitriles is 1. The highest BCUT2D eigenvalue weighted by Gasteiger charge is 2.20. The first-order valence-electron chi connectivity index (χ1n) is 6.22. The van der Waals surface area contributed by atoms with Crippen molar-refractivity contribution in [2.45, 2.75) is 19.4 Å². The lowest BCUT2D eigenvalue weighted by Crippen LogP contribution is -2.49. The molecule has 0 N–H and O–H groups in total. The van der Waals surface area contributed by atoms with Crippen LogP contribution in [0.1, 0.15) is 13.3 Å². The van der Waals surface area contributed by atoms with Crippen LogP contribution in [0.3, 0.4) is 0 Å². The van der Waals surface area contributed by atoms with Crippen LogP contribution < -0.4 is 4.90 Å². The van der Waals surface area contributed by atoms with Crippen LogP contribution in [-0.4, -0.2) is 37.1 Å². The Bertz CT molecular complexity index is 374. The second kappa shape index (κ2) is 5.70. The number of para-hydroxylation sites is 1. The average Bonchev–Trinajstić information content (AvgIpc) is 2.40. The van der Waals surface area contributed by atoms with Gasteiger partial charge in [0.25, 0.3) is 0 Å². The van der Waals surface area contributed by atoms with Crippen molar-refractivity contribution in [3.8, 4) is 6.07 Å². The molecule has 1 saturated heterocycles. The molecular weight excluding hydrogens is 210 g/mol. The number of hydrogen-bond donors (Lipinski definition) is 0. The monoisotopic (exact) mass is 229 g/mol. The zero-order chi connectivity index (χ0) is 12.1. The minimum Gasteiger partial charge on any atom is -0.369 e. The number of hydrogen-bond acceptors (Lipinski definition) is 3. The van der Waals surface area contributed by atoms with Crippen LogP contribution in [0.15, 0.2) is 30.3 Å². The molecule has 3 nitrogen and oxygen atoms in total. The number of anilines is 1. The third-order valence-electron chi connectivity index (χ3n) is 3.45. The predicted molar refractivity (Wildman–Crippen MR) is 69.9 cm³/mol. The molecule has 1 unspecified atom stereocenters. The first-order valence-corrected chi connectivity index (χ1v) is 6.22. The van der Waals surface area contributed by atoms with Gasteiger partial charge in [0.2, 0.25) is 0 Å². The summed E-state index contributed by atoms with van der Waals surface area (Å²) in [6.07, 6.45) is 0.630. The number of rotatable bonds is 3. The Kier molecular flexibility index (Phi) is 4.00. The SMILES string of the molecule is CC(CC#N)N1CCN(c2ccccc2)CC1. The van der Waals surface area contributed by atoms with Crippen LogP contribution in [0.25, 0.3) is 0 Å². The lowest BCUT2D eigenvalue weighted by Gasteiger charge is -2.38. The van der Waals surface area contributed by atoms with Crippen LogP contribution in [0.2, 0.25) is 0 Å². The largest absolute Gasteiger partial charge is 0.369 e. The van der Waals surface area contributed by atoms with E-state index in [1.807, 2.05) is 0 Å². The molecule has 90 valence electrons. The van der Waals surface area contributed by atoms with Crippen molar-refractivity contribution in [3.63, 3.8) is 0 Å². The molecule has 1 aromatic carbocycles. The van der Waals surface area contributed by atoms with Crippen LogP contribution in [0, 0.1) is 11.3 Å². The molecular formula is C14H19N3. The summed E-state index contributed by atoms with van der Waals surface area (Å²) >= 11 is 0. The van der Waals surface area contributed by atoms with Crippen LogP contribution >= 0.6 is 0 Å². The lowest BCUT2D eigenvalue weighted by molar-refractivity contribution is 0.199. The van der Waals surface area contributed by atoms with Crippen molar-refractivity contribution < 1.29 is 0 Å². The average molecular weight is 229 g/mol. The molecule has 1 aliphatic heterocycles. The summed E-state index contributed by atoms with van der Waals surface area (Å²) in [6, 6.07) is 13.2. The molecule has 1 heterocycles.